The molecule has 74 heavy (non-hydrogen) atoms. The van der Waals surface area contributed by atoms with E-state index in [0.717, 1.165) is 78.0 Å². The lowest BCUT2D eigenvalue weighted by Gasteiger charge is -2.35. The maximum atomic E-state index is 13.9. The summed E-state index contributed by atoms with van der Waals surface area (Å²) >= 11 is 0. The Morgan fingerprint density at radius 1 is 0.392 bits per heavy atom. The molecular weight excluding hydrogens is 931 g/mol. The Balaban J connectivity index is 0.000000987. The largest absolute Gasteiger partial charge is 0.481 e. The molecule has 3 N–H and O–H groups in total. The molecule has 0 saturated carbocycles. The maximum Gasteiger partial charge on any atom is 0.306 e. The molecule has 14 nitrogen and oxygen atoms in total. The van der Waals surface area contributed by atoms with Gasteiger partial charge in [-0.15, -0.1) is 0 Å². The Morgan fingerprint density at radius 3 is 1.00 bits per heavy atom. The molecular formula is C60H115N7O7. The Hall–Kier alpha value is -3.26. The third-order valence-electron chi connectivity index (χ3n) is 15.5. The van der Waals surface area contributed by atoms with Crippen LogP contribution in [0.4, 0.5) is 0 Å². The lowest BCUT2D eigenvalue weighted by atomic mass is 9.94. The van der Waals surface area contributed by atoms with E-state index in [-0.39, 0.29) is 35.5 Å². The fourth-order valence-corrected chi connectivity index (χ4v) is 10.3. The average molecular weight is 1050 g/mol. The highest BCUT2D eigenvalue weighted by atomic mass is 16.4. The normalized spacial score (nSPS) is 14.5. The molecule has 0 spiro atoms. The van der Waals surface area contributed by atoms with Gasteiger partial charge in [-0.2, -0.15) is 0 Å². The molecule has 0 bridgehead atoms. The number of nitrogens with one attached hydrogen (secondary N) is 2. The summed E-state index contributed by atoms with van der Waals surface area (Å²) in [5, 5.41) is 14.7. The van der Waals surface area contributed by atoms with Gasteiger partial charge in [-0.25, -0.2) is 0 Å². The van der Waals surface area contributed by atoms with Crippen molar-refractivity contribution in [1.82, 2.24) is 35.1 Å². The van der Waals surface area contributed by atoms with E-state index in [4.69, 9.17) is 5.11 Å². The van der Waals surface area contributed by atoms with Crippen LogP contribution in [0.25, 0.3) is 0 Å². The van der Waals surface area contributed by atoms with Crippen LogP contribution in [-0.2, 0) is 28.8 Å². The van der Waals surface area contributed by atoms with Crippen LogP contribution in [0.5, 0.6) is 0 Å². The molecule has 2 heterocycles. The number of rotatable bonds is 44. The number of carbonyl (C=O) groups excluding carboxylic acids is 5. The topological polar surface area (TPSA) is 163 Å². The monoisotopic (exact) mass is 1050 g/mol. The van der Waals surface area contributed by atoms with Gasteiger partial charge in [0, 0.05) is 97.0 Å². The summed E-state index contributed by atoms with van der Waals surface area (Å²) in [5.41, 5.74) is 0. The molecule has 0 aliphatic carbocycles. The molecule has 2 rings (SSSR count). The highest BCUT2D eigenvalue weighted by Crippen LogP contribution is 2.22. The van der Waals surface area contributed by atoms with Crippen molar-refractivity contribution in [3.05, 3.63) is 0 Å². The number of likely N-dealkylation sites (tertiary alicyclic amines) is 2. The van der Waals surface area contributed by atoms with Crippen LogP contribution >= 0.6 is 0 Å². The van der Waals surface area contributed by atoms with E-state index in [0.29, 0.717) is 83.7 Å². The van der Waals surface area contributed by atoms with Gasteiger partial charge >= 0.3 is 5.97 Å². The summed E-state index contributed by atoms with van der Waals surface area (Å²) in [4.78, 5) is 82.8. The number of unbranched alkanes of at least 4 members (excludes halogenated alkanes) is 22. The Bertz CT molecular complexity index is 1410. The number of carboxylic acids is 1. The van der Waals surface area contributed by atoms with Crippen LogP contribution in [0.1, 0.15) is 247 Å². The van der Waals surface area contributed by atoms with Gasteiger partial charge in [0.2, 0.25) is 29.5 Å². The first-order valence-corrected chi connectivity index (χ1v) is 31.0. The van der Waals surface area contributed by atoms with E-state index in [9.17, 15) is 28.8 Å². The van der Waals surface area contributed by atoms with E-state index < -0.39 is 5.97 Å². The average Bonchev–Trinajstić information content (AvgIpc) is 3.42. The van der Waals surface area contributed by atoms with Gasteiger partial charge in [0.1, 0.15) is 0 Å². The van der Waals surface area contributed by atoms with Crippen molar-refractivity contribution in [2.75, 3.05) is 91.6 Å². The minimum Gasteiger partial charge on any atom is -0.481 e. The second-order valence-corrected chi connectivity index (χ2v) is 21.5. The van der Waals surface area contributed by atoms with Gasteiger partial charge in [-0.1, -0.05) is 183 Å². The summed E-state index contributed by atoms with van der Waals surface area (Å²) in [6.07, 6.45) is 37.3. The smallest absolute Gasteiger partial charge is 0.306 e. The Labute approximate surface area is 453 Å². The zero-order chi connectivity index (χ0) is 54.4. The van der Waals surface area contributed by atoms with Gasteiger partial charge in [0.25, 0.3) is 0 Å². The van der Waals surface area contributed by atoms with Crippen molar-refractivity contribution in [3.8, 4) is 0 Å². The van der Waals surface area contributed by atoms with Crippen LogP contribution in [0.3, 0.4) is 0 Å². The van der Waals surface area contributed by atoms with Crippen LogP contribution < -0.4 is 10.6 Å². The van der Waals surface area contributed by atoms with Crippen LogP contribution in [0.15, 0.2) is 0 Å². The van der Waals surface area contributed by atoms with Gasteiger partial charge in [0.15, 0.2) is 0 Å². The first-order valence-electron chi connectivity index (χ1n) is 31.0. The highest BCUT2D eigenvalue weighted by molar-refractivity contribution is 5.79. The van der Waals surface area contributed by atoms with E-state index in [1.54, 1.807) is 11.8 Å². The van der Waals surface area contributed by atoms with E-state index in [2.05, 4.69) is 39.2 Å². The molecule has 2 saturated heterocycles. The maximum absolute atomic E-state index is 13.9. The van der Waals surface area contributed by atoms with Crippen LogP contribution in [0, 0.1) is 11.8 Å². The second kappa shape index (κ2) is 47.0. The molecule has 2 aliphatic rings. The summed E-state index contributed by atoms with van der Waals surface area (Å²) < 4.78 is 0. The summed E-state index contributed by atoms with van der Waals surface area (Å²) in [7, 11) is 0. The van der Waals surface area contributed by atoms with E-state index in [1.807, 2.05) is 25.7 Å². The van der Waals surface area contributed by atoms with Crippen molar-refractivity contribution in [1.29, 1.82) is 0 Å². The van der Waals surface area contributed by atoms with Crippen LogP contribution in [-0.4, -0.2) is 157 Å². The van der Waals surface area contributed by atoms with Crippen molar-refractivity contribution < 1.29 is 33.9 Å². The number of amides is 5. The minimum atomic E-state index is -0.709. The standard InChI is InChI=1S/C44H86N4O3.C16H29N3O4/c1-5-9-11-13-15-17-19-21-23-25-27-29-34-48(35-30-28-26-24-22-20-18-16-14-12-10-6-2)44(51)41-31-36-46(37-32-41)39-40-47(43(50)8-4)38-33-45-42(49)7-3;1-3-14(20)17-7-10-19(15(21)4-2)12-11-18-8-5-13(6-9-18)16(22)23/h41H,5-40H2,1-4H3,(H,45,49);13H,3-12H2,1-2H3,(H,17,20)(H,22,23). The van der Waals surface area contributed by atoms with Crippen molar-refractivity contribution >= 4 is 35.5 Å². The number of aliphatic carboxylic acids is 1. The molecule has 2 fully saturated rings. The zero-order valence-corrected chi connectivity index (χ0v) is 48.8. The lowest BCUT2D eigenvalue weighted by molar-refractivity contribution is -0.143. The quantitative estimate of drug-likeness (QED) is 0.0504. The van der Waals surface area contributed by atoms with Crippen LogP contribution in [0.2, 0.25) is 0 Å². The molecule has 2 aliphatic heterocycles. The van der Waals surface area contributed by atoms with Crippen molar-refractivity contribution in [2.45, 2.75) is 247 Å². The molecule has 432 valence electrons. The molecule has 5 amide bonds. The molecule has 0 atom stereocenters. The minimum absolute atomic E-state index is 0.00959. The summed E-state index contributed by atoms with van der Waals surface area (Å²) in [5.74, 6) is -0.179. The fraction of sp³-hybridized carbons (Fsp3) is 0.900. The number of hydrogen-bond donors (Lipinski definition) is 3. The van der Waals surface area contributed by atoms with Gasteiger partial charge in [-0.3, -0.25) is 28.8 Å². The third kappa shape index (κ3) is 35.1. The molecule has 0 aromatic heterocycles. The number of carboxylic acid groups (broad SMARTS) is 1. The predicted octanol–water partition coefficient (Wildman–Crippen LogP) is 11.2. The first kappa shape index (κ1) is 68.8. The molecule has 14 heteroatoms. The molecule has 0 aromatic rings. The van der Waals surface area contributed by atoms with Gasteiger partial charge in [0.05, 0.1) is 5.92 Å². The Kier molecular flexibility index (Phi) is 43.7. The van der Waals surface area contributed by atoms with Gasteiger partial charge in [-0.05, 0) is 64.7 Å². The third-order valence-corrected chi connectivity index (χ3v) is 15.5. The number of hydrogen-bond acceptors (Lipinski definition) is 8. The van der Waals surface area contributed by atoms with E-state index in [1.165, 1.54) is 141 Å². The summed E-state index contributed by atoms with van der Waals surface area (Å²) in [6, 6.07) is 0. The SMILES string of the molecule is CCC(=O)NCCN(CCN1CCC(C(=O)O)CC1)C(=O)CC.CCCCCCCCCCCCCCN(CCCCCCCCCCCCCC)C(=O)C1CCN(CCN(CCNC(=O)CC)C(=O)CC)CC1. The number of piperidine rings is 2. The highest BCUT2D eigenvalue weighted by Gasteiger charge is 2.29. The lowest BCUT2D eigenvalue weighted by Crippen LogP contribution is -2.46. The van der Waals surface area contributed by atoms with E-state index >= 15 is 0 Å². The van der Waals surface area contributed by atoms with Crippen molar-refractivity contribution in [3.63, 3.8) is 0 Å². The summed E-state index contributed by atoms with van der Waals surface area (Å²) in [6.45, 7) is 22.1. The molecule has 0 unspecified atom stereocenters. The predicted molar refractivity (Wildman–Crippen MR) is 305 cm³/mol. The number of nitrogens with zero attached hydrogens (tertiary/aromatic N) is 5. The van der Waals surface area contributed by atoms with Gasteiger partial charge < -0.3 is 40.2 Å². The molecule has 0 radical (unpaired) electrons. The fourth-order valence-electron chi connectivity index (χ4n) is 10.3. The Morgan fingerprint density at radius 2 is 0.703 bits per heavy atom. The van der Waals surface area contributed by atoms with Crippen molar-refractivity contribution in [2.24, 2.45) is 11.8 Å². The second-order valence-electron chi connectivity index (χ2n) is 21.5. The molecule has 0 aromatic carbocycles. The number of carbonyl (C=O) groups is 6. The zero-order valence-electron chi connectivity index (χ0n) is 48.8. The first-order chi connectivity index (χ1) is 35.9.